The molecule has 0 bridgehead atoms. The summed E-state index contributed by atoms with van der Waals surface area (Å²) in [5.74, 6) is 1.08. The molecule has 5 heteroatoms. The molecule has 1 aliphatic rings. The van der Waals surface area contributed by atoms with Crippen molar-refractivity contribution in [1.82, 2.24) is 9.55 Å². The van der Waals surface area contributed by atoms with Crippen LogP contribution in [0.2, 0.25) is 0 Å². The Hall–Kier alpha value is -2.04. The summed E-state index contributed by atoms with van der Waals surface area (Å²) in [6, 6.07) is 4.88. The lowest BCUT2D eigenvalue weighted by Crippen LogP contribution is -2.42. The number of anilines is 1. The third kappa shape index (κ3) is 4.59. The number of fused-ring (bicyclic) bond motifs is 3. The third-order valence-corrected chi connectivity index (χ3v) is 5.88. The van der Waals surface area contributed by atoms with Gasteiger partial charge >= 0.3 is 6.09 Å². The van der Waals surface area contributed by atoms with Crippen LogP contribution in [0, 0.1) is 6.92 Å². The molecule has 1 aliphatic heterocycles. The molecule has 0 radical (unpaired) electrons. The molecule has 5 nitrogen and oxygen atoms in total. The van der Waals surface area contributed by atoms with E-state index in [1.54, 1.807) is 4.90 Å². The van der Waals surface area contributed by atoms with E-state index in [1.807, 2.05) is 13.8 Å². The maximum atomic E-state index is 12.3. The number of methoxy groups -OCH3 is 1. The number of imidazole rings is 1. The number of aromatic nitrogens is 2. The number of carbonyl (C=O) groups is 1. The lowest BCUT2D eigenvalue weighted by atomic mass is 9.95. The molecule has 0 saturated heterocycles. The number of nitrogens with zero attached hydrogens (tertiary/aromatic N) is 3. The predicted octanol–water partition coefficient (Wildman–Crippen LogP) is 6.81. The first-order valence-electron chi connectivity index (χ1n) is 11.4. The van der Waals surface area contributed by atoms with Crippen LogP contribution in [0.3, 0.4) is 0 Å². The van der Waals surface area contributed by atoms with Crippen LogP contribution in [0.15, 0.2) is 12.1 Å². The molecule has 0 N–H and O–H groups in total. The van der Waals surface area contributed by atoms with Gasteiger partial charge in [-0.05, 0) is 51.7 Å². The van der Waals surface area contributed by atoms with E-state index in [0.717, 1.165) is 29.9 Å². The number of hydrogen-bond donors (Lipinski definition) is 0. The summed E-state index contributed by atoms with van der Waals surface area (Å²) in [5.41, 5.74) is 4.41. The Morgan fingerprint density at radius 2 is 1.97 bits per heavy atom. The fourth-order valence-electron chi connectivity index (χ4n) is 4.53. The highest BCUT2D eigenvalue weighted by Crippen LogP contribution is 2.38. The van der Waals surface area contributed by atoms with E-state index < -0.39 is 0 Å². The Bertz CT molecular complexity index is 812. The predicted molar refractivity (Wildman–Crippen MR) is 122 cm³/mol. The average molecular weight is 402 g/mol. The van der Waals surface area contributed by atoms with Gasteiger partial charge in [-0.1, -0.05) is 47.0 Å². The molecule has 2 heterocycles. The van der Waals surface area contributed by atoms with Crippen LogP contribution in [0.4, 0.5) is 10.5 Å². The standard InChI is InChI=1S/C22H33N3O2.C2H6/c1-6-8-10-17(9-7-2)25-16(4)23-21-18-12-11-15(3)24(22(26)27-5)19(18)13-14-20(21)25;1-2/h13-15,17H,6-12H2,1-5H3;1-2H3. The Morgan fingerprint density at radius 1 is 1.24 bits per heavy atom. The number of carbonyl (C=O) groups excluding carboxylic acids is 1. The minimum atomic E-state index is -0.286. The van der Waals surface area contributed by atoms with Gasteiger partial charge in [0.15, 0.2) is 0 Å². The van der Waals surface area contributed by atoms with E-state index in [-0.39, 0.29) is 12.1 Å². The van der Waals surface area contributed by atoms with Crippen LogP contribution < -0.4 is 4.90 Å². The summed E-state index contributed by atoms with van der Waals surface area (Å²) >= 11 is 0. The highest BCUT2D eigenvalue weighted by Gasteiger charge is 2.31. The Morgan fingerprint density at radius 3 is 2.59 bits per heavy atom. The van der Waals surface area contributed by atoms with Crippen molar-refractivity contribution in [3.05, 3.63) is 23.5 Å². The first-order chi connectivity index (χ1) is 14.0. The number of unbranched alkanes of at least 4 members (excludes halogenated alkanes) is 1. The maximum Gasteiger partial charge on any atom is 0.414 e. The number of amides is 1. The van der Waals surface area contributed by atoms with Gasteiger partial charge in [-0.3, -0.25) is 4.90 Å². The van der Waals surface area contributed by atoms with Crippen molar-refractivity contribution in [1.29, 1.82) is 0 Å². The van der Waals surface area contributed by atoms with Gasteiger partial charge in [-0.25, -0.2) is 9.78 Å². The van der Waals surface area contributed by atoms with E-state index >= 15 is 0 Å². The number of aryl methyl sites for hydroxylation is 2. The van der Waals surface area contributed by atoms with E-state index in [4.69, 9.17) is 9.72 Å². The van der Waals surface area contributed by atoms with Gasteiger partial charge < -0.3 is 9.30 Å². The normalized spacial score (nSPS) is 16.8. The molecule has 29 heavy (non-hydrogen) atoms. The van der Waals surface area contributed by atoms with Crippen LogP contribution in [-0.2, 0) is 11.2 Å². The van der Waals surface area contributed by atoms with E-state index in [1.165, 1.54) is 50.3 Å². The Labute approximate surface area is 176 Å². The molecule has 2 atom stereocenters. The highest BCUT2D eigenvalue weighted by molar-refractivity contribution is 5.95. The van der Waals surface area contributed by atoms with Crippen molar-refractivity contribution in [2.45, 2.75) is 98.6 Å². The Balaban J connectivity index is 0.00000145. The van der Waals surface area contributed by atoms with Gasteiger partial charge in [0.1, 0.15) is 5.82 Å². The van der Waals surface area contributed by atoms with Crippen molar-refractivity contribution < 1.29 is 9.53 Å². The zero-order valence-electron chi connectivity index (χ0n) is 19.4. The van der Waals surface area contributed by atoms with Gasteiger partial charge in [0, 0.05) is 17.6 Å². The number of hydrogen-bond acceptors (Lipinski definition) is 3. The van der Waals surface area contributed by atoms with Gasteiger partial charge in [0.25, 0.3) is 0 Å². The van der Waals surface area contributed by atoms with Crippen molar-refractivity contribution in [3.63, 3.8) is 0 Å². The van der Waals surface area contributed by atoms with Crippen molar-refractivity contribution in [2.24, 2.45) is 0 Å². The average Bonchev–Trinajstić information content (AvgIpc) is 3.07. The zero-order valence-corrected chi connectivity index (χ0v) is 19.4. The largest absolute Gasteiger partial charge is 0.452 e. The van der Waals surface area contributed by atoms with Crippen LogP contribution in [0.5, 0.6) is 0 Å². The number of ether oxygens (including phenoxy) is 1. The molecule has 0 fully saturated rings. The number of rotatable bonds is 6. The van der Waals surface area contributed by atoms with Gasteiger partial charge in [-0.15, -0.1) is 0 Å². The molecule has 0 aliphatic carbocycles. The van der Waals surface area contributed by atoms with Crippen LogP contribution in [0.1, 0.15) is 90.6 Å². The highest BCUT2D eigenvalue weighted by atomic mass is 16.5. The summed E-state index contributed by atoms with van der Waals surface area (Å²) in [7, 11) is 1.45. The maximum absolute atomic E-state index is 12.3. The van der Waals surface area contributed by atoms with Crippen LogP contribution >= 0.6 is 0 Å². The number of benzene rings is 1. The van der Waals surface area contributed by atoms with Gasteiger partial charge in [0.2, 0.25) is 0 Å². The van der Waals surface area contributed by atoms with E-state index in [0.29, 0.717) is 6.04 Å². The minimum Gasteiger partial charge on any atom is -0.452 e. The molecule has 3 rings (SSSR count). The van der Waals surface area contributed by atoms with Crippen LogP contribution in [0.25, 0.3) is 11.0 Å². The summed E-state index contributed by atoms with van der Waals surface area (Å²) in [4.78, 5) is 19.1. The topological polar surface area (TPSA) is 47.4 Å². The fraction of sp³-hybridized carbons (Fsp3) is 0.667. The van der Waals surface area contributed by atoms with Crippen molar-refractivity contribution in [2.75, 3.05) is 12.0 Å². The lowest BCUT2D eigenvalue weighted by Gasteiger charge is -2.34. The first-order valence-corrected chi connectivity index (χ1v) is 11.4. The molecule has 1 aromatic heterocycles. The molecule has 1 aromatic carbocycles. The second kappa shape index (κ2) is 10.7. The minimum absolute atomic E-state index is 0.142. The van der Waals surface area contributed by atoms with Crippen molar-refractivity contribution in [3.8, 4) is 0 Å². The molecule has 2 unspecified atom stereocenters. The summed E-state index contributed by atoms with van der Waals surface area (Å²) in [6.45, 7) is 12.7. The van der Waals surface area contributed by atoms with Gasteiger partial charge in [-0.2, -0.15) is 0 Å². The molecule has 0 spiro atoms. The third-order valence-electron chi connectivity index (χ3n) is 5.88. The SMILES string of the molecule is CC.CCCCC(CCC)n1c(C)nc2c3c(ccc21)N(C(=O)OC)C(C)CC3. The van der Waals surface area contributed by atoms with Crippen LogP contribution in [-0.4, -0.2) is 28.8 Å². The second-order valence-corrected chi connectivity index (χ2v) is 7.77. The summed E-state index contributed by atoms with van der Waals surface area (Å²) < 4.78 is 7.47. The quantitative estimate of drug-likeness (QED) is 0.534. The molecular formula is C24H39N3O2. The van der Waals surface area contributed by atoms with Crippen molar-refractivity contribution >= 4 is 22.8 Å². The monoisotopic (exact) mass is 401 g/mol. The van der Waals surface area contributed by atoms with E-state index in [2.05, 4.69) is 44.4 Å². The molecule has 0 saturated carbocycles. The smallest absolute Gasteiger partial charge is 0.414 e. The second-order valence-electron chi connectivity index (χ2n) is 7.77. The lowest BCUT2D eigenvalue weighted by molar-refractivity contribution is 0.175. The molecule has 162 valence electrons. The Kier molecular flexibility index (Phi) is 8.54. The summed E-state index contributed by atoms with van der Waals surface area (Å²) in [5, 5.41) is 0. The molecule has 2 aromatic rings. The van der Waals surface area contributed by atoms with E-state index in [9.17, 15) is 4.79 Å². The summed E-state index contributed by atoms with van der Waals surface area (Å²) in [6.07, 6.45) is 7.59. The molecule has 1 amide bonds. The first kappa shape index (κ1) is 23.2. The fourth-order valence-corrected chi connectivity index (χ4v) is 4.53. The zero-order chi connectivity index (χ0) is 21.6. The molecular weight excluding hydrogens is 362 g/mol. The van der Waals surface area contributed by atoms with Gasteiger partial charge in [0.05, 0.1) is 23.8 Å².